The third-order valence-corrected chi connectivity index (χ3v) is 11.6. The van der Waals surface area contributed by atoms with Crippen LogP contribution in [0.1, 0.15) is 38.5 Å². The fraction of sp³-hybridized carbons (Fsp3) is 0.556. The fourth-order valence-corrected chi connectivity index (χ4v) is 8.89. The number of nitrogens with one attached hydrogen (secondary N) is 3. The number of halogens is 1. The van der Waals surface area contributed by atoms with Crippen molar-refractivity contribution in [1.82, 2.24) is 19.9 Å². The lowest BCUT2D eigenvalue weighted by Gasteiger charge is -2.39. The van der Waals surface area contributed by atoms with Crippen LogP contribution in [0.2, 0.25) is 5.02 Å². The smallest absolute Gasteiger partial charge is 0.231 e. The summed E-state index contributed by atoms with van der Waals surface area (Å²) in [5.74, 6) is 1.80. The van der Waals surface area contributed by atoms with Crippen molar-refractivity contribution in [3.05, 3.63) is 29.4 Å². The lowest BCUT2D eigenvalue weighted by Crippen LogP contribution is -2.45. The summed E-state index contributed by atoms with van der Waals surface area (Å²) in [6.07, 6.45) is 9.96. The van der Waals surface area contributed by atoms with Crippen molar-refractivity contribution in [2.24, 2.45) is 0 Å². The van der Waals surface area contributed by atoms with Crippen LogP contribution in [0.4, 0.5) is 17.5 Å². The molecule has 4 heterocycles. The van der Waals surface area contributed by atoms with Gasteiger partial charge in [0, 0.05) is 62.2 Å². The largest absolute Gasteiger partial charge is 0.495 e. The number of nitrogens with zero attached hydrogens (tertiary/aromatic N) is 3. The Balaban J connectivity index is 1.21. The maximum Gasteiger partial charge on any atom is 0.231 e. The highest BCUT2D eigenvalue weighted by atomic mass is 35.5. The van der Waals surface area contributed by atoms with Crippen molar-refractivity contribution in [1.29, 1.82) is 0 Å². The van der Waals surface area contributed by atoms with Gasteiger partial charge in [0.25, 0.3) is 0 Å². The van der Waals surface area contributed by atoms with Gasteiger partial charge in [-0.3, -0.25) is 4.90 Å². The highest BCUT2D eigenvalue weighted by Gasteiger charge is 2.34. The van der Waals surface area contributed by atoms with Gasteiger partial charge in [0.1, 0.15) is 24.4 Å². The maximum absolute atomic E-state index is 14.0. The first-order valence-electron chi connectivity index (χ1n) is 13.7. The molecule has 38 heavy (non-hydrogen) atoms. The van der Waals surface area contributed by atoms with Gasteiger partial charge >= 0.3 is 0 Å². The van der Waals surface area contributed by atoms with Crippen LogP contribution in [0, 0.1) is 0 Å². The van der Waals surface area contributed by atoms with Gasteiger partial charge in [-0.05, 0) is 43.9 Å². The molecule has 11 heteroatoms. The van der Waals surface area contributed by atoms with Gasteiger partial charge in [-0.1, -0.05) is 24.4 Å². The van der Waals surface area contributed by atoms with E-state index in [-0.39, 0.29) is 0 Å². The highest BCUT2D eigenvalue weighted by Crippen LogP contribution is 2.48. The van der Waals surface area contributed by atoms with Gasteiger partial charge in [-0.15, -0.1) is 0 Å². The van der Waals surface area contributed by atoms with E-state index in [0.29, 0.717) is 46.8 Å². The number of ether oxygens (including phenoxy) is 2. The minimum atomic E-state index is -2.49. The van der Waals surface area contributed by atoms with Gasteiger partial charge in [-0.25, -0.2) is 0 Å². The summed E-state index contributed by atoms with van der Waals surface area (Å²) in [5, 5.41) is 9.18. The molecular weight excluding hydrogens is 523 g/mol. The van der Waals surface area contributed by atoms with Crippen molar-refractivity contribution < 1.29 is 14.0 Å². The number of hydrogen-bond acceptors (Lipinski definition) is 8. The van der Waals surface area contributed by atoms with E-state index in [1.54, 1.807) is 13.3 Å². The zero-order valence-electron chi connectivity index (χ0n) is 21.8. The number of aromatic amines is 1. The molecule has 0 radical (unpaired) electrons. The average Bonchev–Trinajstić information content (AvgIpc) is 3.59. The molecule has 3 N–H and O–H groups in total. The Morgan fingerprint density at radius 1 is 1.13 bits per heavy atom. The number of H-pyrrole nitrogens is 1. The lowest BCUT2D eigenvalue weighted by molar-refractivity contribution is 0.0371. The van der Waals surface area contributed by atoms with Crippen LogP contribution >= 0.6 is 18.7 Å². The third-order valence-electron chi connectivity index (χ3n) is 8.29. The monoisotopic (exact) mass is 558 g/mol. The van der Waals surface area contributed by atoms with Crippen LogP contribution in [-0.4, -0.2) is 77.7 Å². The molecule has 1 aromatic carbocycles. The summed E-state index contributed by atoms with van der Waals surface area (Å²) in [6.45, 7) is 3.40. The van der Waals surface area contributed by atoms with E-state index in [4.69, 9.17) is 26.1 Å². The predicted octanol–water partition coefficient (Wildman–Crippen LogP) is 5.20. The molecule has 9 nitrogen and oxygen atoms in total. The molecular formula is C27H36ClN6O3P. The van der Waals surface area contributed by atoms with Crippen molar-refractivity contribution >= 4 is 52.5 Å². The molecule has 3 aromatic rings. The number of anilines is 3. The second-order valence-electron chi connectivity index (χ2n) is 10.6. The van der Waals surface area contributed by atoms with E-state index in [2.05, 4.69) is 25.5 Å². The summed E-state index contributed by atoms with van der Waals surface area (Å²) in [5.41, 5.74) is 1.40. The van der Waals surface area contributed by atoms with E-state index in [9.17, 15) is 4.57 Å². The maximum atomic E-state index is 14.0. The van der Waals surface area contributed by atoms with Crippen LogP contribution in [0.15, 0.2) is 24.4 Å². The van der Waals surface area contributed by atoms with E-state index in [1.165, 1.54) is 12.8 Å². The highest BCUT2D eigenvalue weighted by molar-refractivity contribution is 7.71. The van der Waals surface area contributed by atoms with Crippen LogP contribution in [0.3, 0.4) is 0 Å². The number of aromatic nitrogens is 3. The number of benzene rings is 1. The summed E-state index contributed by atoms with van der Waals surface area (Å²) < 4.78 is 25.2. The number of methoxy groups -OCH3 is 1. The van der Waals surface area contributed by atoms with Gasteiger partial charge in [0.2, 0.25) is 5.95 Å². The predicted molar refractivity (Wildman–Crippen MR) is 153 cm³/mol. The third kappa shape index (κ3) is 5.26. The molecule has 0 unspecified atom stereocenters. The molecule has 2 saturated heterocycles. The van der Waals surface area contributed by atoms with Gasteiger partial charge in [0.05, 0.1) is 23.2 Å². The lowest BCUT2D eigenvalue weighted by atomic mass is 10.1. The Labute approximate surface area is 228 Å². The van der Waals surface area contributed by atoms with Crippen molar-refractivity contribution in [3.8, 4) is 5.75 Å². The summed E-state index contributed by atoms with van der Waals surface area (Å²) in [4.78, 5) is 15.1. The molecule has 0 spiro atoms. The molecule has 3 aliphatic rings. The van der Waals surface area contributed by atoms with Crippen LogP contribution < -0.4 is 20.7 Å². The van der Waals surface area contributed by atoms with Crippen molar-refractivity contribution in [3.63, 3.8) is 0 Å². The van der Waals surface area contributed by atoms with Crippen LogP contribution in [-0.2, 0) is 9.30 Å². The average molecular weight is 559 g/mol. The molecule has 0 amide bonds. The fourth-order valence-electron chi connectivity index (χ4n) is 6.05. The topological polar surface area (TPSA) is 104 Å². The zero-order chi connectivity index (χ0) is 26.1. The molecule has 0 atom stereocenters. The first-order valence-corrected chi connectivity index (χ1v) is 16.1. The quantitative estimate of drug-likeness (QED) is 0.340. The molecule has 2 aromatic heterocycles. The zero-order valence-corrected chi connectivity index (χ0v) is 23.5. The van der Waals surface area contributed by atoms with Crippen molar-refractivity contribution in [2.75, 3.05) is 56.4 Å². The second-order valence-corrected chi connectivity index (χ2v) is 14.2. The van der Waals surface area contributed by atoms with E-state index < -0.39 is 7.14 Å². The van der Waals surface area contributed by atoms with E-state index >= 15 is 0 Å². The Bertz CT molecular complexity index is 1330. The van der Waals surface area contributed by atoms with Gasteiger partial charge < -0.3 is 29.7 Å². The summed E-state index contributed by atoms with van der Waals surface area (Å²) in [6, 6.07) is 6.76. The molecule has 3 fully saturated rings. The molecule has 1 aliphatic carbocycles. The Morgan fingerprint density at radius 2 is 1.89 bits per heavy atom. The van der Waals surface area contributed by atoms with Gasteiger partial charge in [-0.2, -0.15) is 9.97 Å². The first kappa shape index (κ1) is 25.9. The summed E-state index contributed by atoms with van der Waals surface area (Å²) in [7, 11) is -0.858. The Kier molecular flexibility index (Phi) is 7.54. The molecule has 2 aliphatic heterocycles. The van der Waals surface area contributed by atoms with Gasteiger partial charge in [0.15, 0.2) is 0 Å². The van der Waals surface area contributed by atoms with E-state index in [0.717, 1.165) is 74.2 Å². The SMILES string of the molecule is COc1cc(P2(=O)CCN(C3CCOCC3)CC2)ccc1Nc1nc(NC2CCCC2)c2c(Cl)c[nH]c2n1. The van der Waals surface area contributed by atoms with E-state index in [1.807, 2.05) is 18.2 Å². The first-order chi connectivity index (χ1) is 18.5. The number of hydrogen-bond donors (Lipinski definition) is 3. The molecule has 204 valence electrons. The number of rotatable bonds is 7. The second kappa shape index (κ2) is 11.0. The van der Waals surface area contributed by atoms with Crippen molar-refractivity contribution in [2.45, 2.75) is 50.6 Å². The standard InChI is InChI=1S/C27H36ClN6O3P/c1-36-23-16-20(38(35)14-10-34(11-15-38)19-8-12-37-13-9-19)6-7-22(23)31-27-32-25-24(21(28)17-29-25)26(33-27)30-18-4-2-3-5-18/h6-7,16-19H,2-5,8-15H2,1H3,(H3,29,30,31,32,33). The van der Waals surface area contributed by atoms with Crippen LogP contribution in [0.25, 0.3) is 11.0 Å². The summed E-state index contributed by atoms with van der Waals surface area (Å²) >= 11 is 6.45. The molecule has 1 saturated carbocycles. The molecule has 6 rings (SSSR count). The number of fused-ring (bicyclic) bond motifs is 1. The minimum absolute atomic E-state index is 0.385. The minimum Gasteiger partial charge on any atom is -0.495 e. The Hall–Kier alpha value is -2.32. The van der Waals surface area contributed by atoms with Crippen LogP contribution in [0.5, 0.6) is 5.75 Å². The Morgan fingerprint density at radius 3 is 2.63 bits per heavy atom. The molecule has 0 bridgehead atoms. The normalized spacial score (nSPS) is 21.1.